The highest BCUT2D eigenvalue weighted by Gasteiger charge is 2.13. The van der Waals surface area contributed by atoms with Crippen LogP contribution in [0.2, 0.25) is 0 Å². The van der Waals surface area contributed by atoms with Crippen LogP contribution in [0.25, 0.3) is 0 Å². The molecule has 4 N–H and O–H groups in total. The van der Waals surface area contributed by atoms with Crippen LogP contribution in [0.5, 0.6) is 5.88 Å². The number of nitrogens with zero attached hydrogens (tertiary/aromatic N) is 3. The van der Waals surface area contributed by atoms with Gasteiger partial charge in [0.2, 0.25) is 11.8 Å². The van der Waals surface area contributed by atoms with Crippen molar-refractivity contribution in [2.45, 2.75) is 25.7 Å². The molecule has 1 aromatic carbocycles. The Morgan fingerprint density at radius 1 is 1.23 bits per heavy atom. The Labute approximate surface area is 177 Å². The summed E-state index contributed by atoms with van der Waals surface area (Å²) < 4.78 is 5.82. The molecule has 0 spiro atoms. The van der Waals surface area contributed by atoms with Gasteiger partial charge in [-0.3, -0.25) is 10.2 Å². The van der Waals surface area contributed by atoms with Gasteiger partial charge in [-0.15, -0.1) is 0 Å². The monoisotopic (exact) mass is 410 g/mol. The summed E-state index contributed by atoms with van der Waals surface area (Å²) in [6.45, 7) is 3.36. The Morgan fingerprint density at radius 2 is 2.03 bits per heavy atom. The molecule has 2 heterocycles. The number of hydrogen-bond acceptors (Lipinski definition) is 7. The summed E-state index contributed by atoms with van der Waals surface area (Å²) in [5, 5.41) is 7.35. The Morgan fingerprint density at radius 3 is 2.77 bits per heavy atom. The van der Waals surface area contributed by atoms with E-state index in [4.69, 9.17) is 10.5 Å². The van der Waals surface area contributed by atoms with Crippen molar-refractivity contribution in [3.63, 3.8) is 0 Å². The molecule has 1 fully saturated rings. The van der Waals surface area contributed by atoms with E-state index in [0.717, 1.165) is 25.3 Å². The molecule has 1 aliphatic heterocycles. The molecule has 0 atom stereocenters. The average molecular weight is 411 g/mol. The quantitative estimate of drug-likeness (QED) is 0.333. The van der Waals surface area contributed by atoms with Crippen molar-refractivity contribution in [2.24, 2.45) is 10.8 Å². The number of pyridine rings is 1. The second kappa shape index (κ2) is 11.2. The number of hydrogen-bond donors (Lipinski definition) is 3. The molecule has 0 radical (unpaired) electrons. The van der Waals surface area contributed by atoms with Crippen LogP contribution in [0.15, 0.2) is 41.5 Å². The highest BCUT2D eigenvalue weighted by Crippen LogP contribution is 2.24. The van der Waals surface area contributed by atoms with Gasteiger partial charge in [0.1, 0.15) is 6.61 Å². The lowest BCUT2D eigenvalue weighted by atomic mass is 10.2. The normalized spacial score (nSPS) is 14.5. The molecule has 160 valence electrons. The van der Waals surface area contributed by atoms with Gasteiger partial charge in [-0.25, -0.2) is 4.98 Å². The molecule has 8 nitrogen and oxygen atoms in total. The summed E-state index contributed by atoms with van der Waals surface area (Å²) in [5.41, 5.74) is 11.2. The Bertz CT molecular complexity index is 862. The van der Waals surface area contributed by atoms with Gasteiger partial charge in [0, 0.05) is 37.0 Å². The molecule has 8 heteroatoms. The Kier molecular flexibility index (Phi) is 8.02. The van der Waals surface area contributed by atoms with Crippen molar-refractivity contribution < 1.29 is 9.53 Å². The summed E-state index contributed by atoms with van der Waals surface area (Å²) in [7, 11) is 1.89. The fourth-order valence-electron chi connectivity index (χ4n) is 3.34. The van der Waals surface area contributed by atoms with E-state index in [9.17, 15) is 4.79 Å². The predicted molar refractivity (Wildman–Crippen MR) is 121 cm³/mol. The Hall–Kier alpha value is -3.13. The second-order valence-corrected chi connectivity index (χ2v) is 7.26. The van der Waals surface area contributed by atoms with Crippen LogP contribution in [0, 0.1) is 0 Å². The maximum absolute atomic E-state index is 11.3. The molecule has 3 rings (SSSR count). The number of amides is 1. The maximum atomic E-state index is 11.3. The van der Waals surface area contributed by atoms with E-state index in [2.05, 4.69) is 25.7 Å². The van der Waals surface area contributed by atoms with E-state index in [-0.39, 0.29) is 0 Å². The zero-order valence-electron chi connectivity index (χ0n) is 17.4. The number of aromatic nitrogens is 1. The number of ether oxygens (including phenoxy) is 1. The summed E-state index contributed by atoms with van der Waals surface area (Å²) in [6, 6.07) is 10.9. The topological polar surface area (TPSA) is 105 Å². The molecule has 1 aromatic heterocycles. The standard InChI is InChI=1S/C22H30N6O2/c1-24-9-12-30-21-15-20(28-10-4-2-3-5-11-28)14-19(26-21)16-25-27-18-8-6-7-17(13-18)22(23)29/h6-8,13-16,24,27H,2-5,9-12H2,1H3,(H2,23,29)/b25-16+. The van der Waals surface area contributed by atoms with Crippen LogP contribution < -0.4 is 26.1 Å². The first-order valence-corrected chi connectivity index (χ1v) is 10.4. The highest BCUT2D eigenvalue weighted by atomic mass is 16.5. The lowest BCUT2D eigenvalue weighted by Gasteiger charge is -2.23. The molecule has 30 heavy (non-hydrogen) atoms. The van der Waals surface area contributed by atoms with Crippen molar-refractivity contribution in [1.29, 1.82) is 0 Å². The highest BCUT2D eigenvalue weighted by molar-refractivity contribution is 5.93. The average Bonchev–Trinajstić information content (AvgIpc) is 3.04. The van der Waals surface area contributed by atoms with E-state index < -0.39 is 5.91 Å². The third-order valence-corrected chi connectivity index (χ3v) is 4.92. The van der Waals surface area contributed by atoms with Crippen LogP contribution in [0.1, 0.15) is 41.7 Å². The fraction of sp³-hybridized carbons (Fsp3) is 0.409. The smallest absolute Gasteiger partial charge is 0.248 e. The largest absolute Gasteiger partial charge is 0.476 e. The number of nitrogens with two attached hydrogens (primary N) is 1. The second-order valence-electron chi connectivity index (χ2n) is 7.26. The minimum absolute atomic E-state index is 0.428. The third-order valence-electron chi connectivity index (χ3n) is 4.92. The van der Waals surface area contributed by atoms with Gasteiger partial charge in [0.25, 0.3) is 0 Å². The fourth-order valence-corrected chi connectivity index (χ4v) is 3.34. The first kappa shape index (κ1) is 21.6. The van der Waals surface area contributed by atoms with Crippen molar-refractivity contribution in [1.82, 2.24) is 10.3 Å². The zero-order valence-corrected chi connectivity index (χ0v) is 17.4. The number of likely N-dealkylation sites (N-methyl/N-ethyl adjacent to an activating group) is 1. The van der Waals surface area contributed by atoms with E-state index in [0.29, 0.717) is 29.4 Å². The van der Waals surface area contributed by atoms with Crippen LogP contribution in [-0.2, 0) is 0 Å². The SMILES string of the molecule is CNCCOc1cc(N2CCCCCC2)cc(/C=N/Nc2cccc(C(N)=O)c2)n1. The predicted octanol–water partition coefficient (Wildman–Crippen LogP) is 2.61. The lowest BCUT2D eigenvalue weighted by Crippen LogP contribution is -2.24. The summed E-state index contributed by atoms with van der Waals surface area (Å²) in [4.78, 5) is 18.3. The van der Waals surface area contributed by atoms with Crippen molar-refractivity contribution in [3.8, 4) is 5.88 Å². The van der Waals surface area contributed by atoms with E-state index in [1.54, 1.807) is 24.4 Å². The van der Waals surface area contributed by atoms with Crippen molar-refractivity contribution in [2.75, 3.05) is 43.6 Å². The number of carbonyl (C=O) groups excluding carboxylic acids is 1. The molecule has 1 saturated heterocycles. The van der Waals surface area contributed by atoms with Gasteiger partial charge in [0.15, 0.2) is 0 Å². The molecule has 0 aliphatic carbocycles. The maximum Gasteiger partial charge on any atom is 0.248 e. The number of benzene rings is 1. The molecule has 0 saturated carbocycles. The van der Waals surface area contributed by atoms with Gasteiger partial charge in [-0.1, -0.05) is 18.9 Å². The van der Waals surface area contributed by atoms with Gasteiger partial charge in [0.05, 0.1) is 17.6 Å². The summed E-state index contributed by atoms with van der Waals surface area (Å²) in [6.07, 6.45) is 6.59. The van der Waals surface area contributed by atoms with E-state index >= 15 is 0 Å². The number of rotatable bonds is 9. The number of hydrazone groups is 1. The number of primary amides is 1. The molecule has 1 aliphatic rings. The number of nitrogens with one attached hydrogen (secondary N) is 2. The van der Waals surface area contributed by atoms with Gasteiger partial charge >= 0.3 is 0 Å². The molecular formula is C22H30N6O2. The Balaban J connectivity index is 1.76. The first-order valence-electron chi connectivity index (χ1n) is 10.4. The van der Waals surface area contributed by atoms with Crippen LogP contribution in [-0.4, -0.2) is 50.4 Å². The molecule has 0 bridgehead atoms. The lowest BCUT2D eigenvalue weighted by molar-refractivity contribution is 0.100. The molecular weight excluding hydrogens is 380 g/mol. The zero-order chi connectivity index (χ0) is 21.2. The van der Waals surface area contributed by atoms with Crippen LogP contribution in [0.4, 0.5) is 11.4 Å². The van der Waals surface area contributed by atoms with Crippen LogP contribution >= 0.6 is 0 Å². The van der Waals surface area contributed by atoms with Crippen molar-refractivity contribution in [3.05, 3.63) is 47.7 Å². The summed E-state index contributed by atoms with van der Waals surface area (Å²) >= 11 is 0. The van der Waals surface area contributed by atoms with Crippen LogP contribution in [0.3, 0.4) is 0 Å². The summed E-state index contributed by atoms with van der Waals surface area (Å²) in [5.74, 6) is 0.113. The number of anilines is 2. The number of carbonyl (C=O) groups is 1. The third kappa shape index (κ3) is 6.45. The van der Waals surface area contributed by atoms with Gasteiger partial charge in [-0.05, 0) is 44.2 Å². The van der Waals surface area contributed by atoms with Crippen molar-refractivity contribution >= 4 is 23.5 Å². The molecule has 1 amide bonds. The minimum Gasteiger partial charge on any atom is -0.476 e. The van der Waals surface area contributed by atoms with E-state index in [1.807, 2.05) is 25.2 Å². The van der Waals surface area contributed by atoms with E-state index in [1.165, 1.54) is 25.7 Å². The molecule has 0 unspecified atom stereocenters. The van der Waals surface area contributed by atoms with Gasteiger partial charge in [-0.2, -0.15) is 5.10 Å². The molecule has 2 aromatic rings. The minimum atomic E-state index is -0.474. The van der Waals surface area contributed by atoms with Gasteiger partial charge < -0.3 is 20.7 Å². The first-order chi connectivity index (χ1) is 14.7.